The molecule has 0 aliphatic rings. The lowest BCUT2D eigenvalue weighted by Crippen LogP contribution is -1.97. The zero-order valence-electron chi connectivity index (χ0n) is 7.64. The van der Waals surface area contributed by atoms with Gasteiger partial charge in [-0.1, -0.05) is 11.6 Å². The smallest absolute Gasteiger partial charge is 0.258 e. The number of nitro groups is 1. The average Bonchev–Trinajstić information content (AvgIpc) is 2.15. The number of aromatic nitrogens is 3. The third-order valence-corrected chi connectivity index (χ3v) is 2.05. The van der Waals surface area contributed by atoms with Crippen molar-refractivity contribution in [3.05, 3.63) is 33.2 Å². The van der Waals surface area contributed by atoms with Gasteiger partial charge in [-0.15, -0.1) is 0 Å². The topological polar surface area (TPSA) is 81.8 Å². The van der Waals surface area contributed by atoms with Gasteiger partial charge in [-0.2, -0.15) is 0 Å². The number of rotatable bonds is 1. The molecule has 2 aromatic heterocycles. The van der Waals surface area contributed by atoms with Gasteiger partial charge in [0.25, 0.3) is 5.69 Å². The average molecular weight is 225 g/mol. The molecule has 15 heavy (non-hydrogen) atoms. The first-order valence-electron chi connectivity index (χ1n) is 4.02. The minimum Gasteiger partial charge on any atom is -0.258 e. The highest BCUT2D eigenvalue weighted by Gasteiger charge is 2.14. The molecule has 0 saturated heterocycles. The van der Waals surface area contributed by atoms with Crippen molar-refractivity contribution < 1.29 is 4.92 Å². The zero-order valence-corrected chi connectivity index (χ0v) is 8.39. The maximum absolute atomic E-state index is 10.6. The minimum absolute atomic E-state index is 0.0703. The van der Waals surface area contributed by atoms with Crippen molar-refractivity contribution in [1.29, 1.82) is 0 Å². The van der Waals surface area contributed by atoms with Crippen molar-refractivity contribution in [3.63, 3.8) is 0 Å². The van der Waals surface area contributed by atoms with Crippen molar-refractivity contribution >= 4 is 28.5 Å². The number of pyridine rings is 1. The number of nitrogens with zero attached hydrogens (tertiary/aromatic N) is 4. The molecular weight excluding hydrogens is 220 g/mol. The molecule has 0 radical (unpaired) electrons. The molecule has 0 aliphatic heterocycles. The van der Waals surface area contributed by atoms with Crippen molar-refractivity contribution in [2.75, 3.05) is 0 Å². The Morgan fingerprint density at radius 1 is 1.47 bits per heavy atom. The van der Waals surface area contributed by atoms with Crippen LogP contribution in [-0.2, 0) is 0 Å². The van der Waals surface area contributed by atoms with Crippen molar-refractivity contribution in [1.82, 2.24) is 15.0 Å². The molecule has 7 heteroatoms. The SMILES string of the molecule is Cc1nc2nc(Cl)cnc2cc1[N+](=O)[O-]. The first kappa shape index (κ1) is 9.72. The van der Waals surface area contributed by atoms with Crippen LogP contribution in [0.2, 0.25) is 5.15 Å². The Kier molecular flexibility index (Phi) is 2.20. The molecule has 0 fully saturated rings. The van der Waals surface area contributed by atoms with Crippen LogP contribution < -0.4 is 0 Å². The summed E-state index contributed by atoms with van der Waals surface area (Å²) in [6.45, 7) is 1.54. The lowest BCUT2D eigenvalue weighted by Gasteiger charge is -1.99. The van der Waals surface area contributed by atoms with E-state index in [1.807, 2.05) is 0 Å². The Labute approximate surface area is 89.1 Å². The van der Waals surface area contributed by atoms with Crippen LogP contribution in [-0.4, -0.2) is 19.9 Å². The normalized spacial score (nSPS) is 10.5. The molecule has 2 rings (SSSR count). The highest BCUT2D eigenvalue weighted by atomic mass is 35.5. The van der Waals surface area contributed by atoms with E-state index in [4.69, 9.17) is 11.6 Å². The number of hydrogen-bond donors (Lipinski definition) is 0. The standard InChI is InChI=1S/C8H5ClN4O2/c1-4-6(13(14)15)2-5-8(11-4)12-7(9)3-10-5/h2-3H,1H3. The summed E-state index contributed by atoms with van der Waals surface area (Å²) >= 11 is 5.63. The Hall–Kier alpha value is -1.82. The lowest BCUT2D eigenvalue weighted by molar-refractivity contribution is -0.385. The predicted octanol–water partition coefficient (Wildman–Crippen LogP) is 1.89. The van der Waals surface area contributed by atoms with E-state index in [0.717, 1.165) is 0 Å². The fourth-order valence-electron chi connectivity index (χ4n) is 1.19. The van der Waals surface area contributed by atoms with Crippen LogP contribution in [0.4, 0.5) is 5.69 Å². The molecule has 0 spiro atoms. The Balaban J connectivity index is 2.76. The van der Waals surface area contributed by atoms with E-state index in [0.29, 0.717) is 16.9 Å². The third kappa shape index (κ3) is 1.71. The van der Waals surface area contributed by atoms with E-state index in [-0.39, 0.29) is 10.8 Å². The molecule has 0 unspecified atom stereocenters. The maximum Gasteiger partial charge on any atom is 0.292 e. The van der Waals surface area contributed by atoms with Crippen LogP contribution in [0.1, 0.15) is 5.69 Å². The second-order valence-corrected chi connectivity index (χ2v) is 3.27. The van der Waals surface area contributed by atoms with E-state index in [1.165, 1.54) is 12.3 Å². The molecule has 6 nitrogen and oxygen atoms in total. The summed E-state index contributed by atoms with van der Waals surface area (Å²) in [4.78, 5) is 21.9. The summed E-state index contributed by atoms with van der Waals surface area (Å²) in [7, 11) is 0. The van der Waals surface area contributed by atoms with Crippen LogP contribution in [0.15, 0.2) is 12.3 Å². The van der Waals surface area contributed by atoms with Crippen LogP contribution in [0.5, 0.6) is 0 Å². The summed E-state index contributed by atoms with van der Waals surface area (Å²) in [5.74, 6) is 0. The van der Waals surface area contributed by atoms with Crippen LogP contribution in [0.25, 0.3) is 11.2 Å². The fourth-order valence-corrected chi connectivity index (χ4v) is 1.32. The summed E-state index contributed by atoms with van der Waals surface area (Å²) < 4.78 is 0. The summed E-state index contributed by atoms with van der Waals surface area (Å²) in [6.07, 6.45) is 1.32. The Bertz CT molecular complexity index is 558. The first-order chi connectivity index (χ1) is 7.08. The van der Waals surface area contributed by atoms with Gasteiger partial charge in [-0.25, -0.2) is 15.0 Å². The molecular formula is C8H5ClN4O2. The van der Waals surface area contributed by atoms with Gasteiger partial charge in [-0.3, -0.25) is 10.1 Å². The predicted molar refractivity (Wildman–Crippen MR) is 53.7 cm³/mol. The van der Waals surface area contributed by atoms with E-state index in [2.05, 4.69) is 15.0 Å². The number of hydrogen-bond acceptors (Lipinski definition) is 5. The van der Waals surface area contributed by atoms with Crippen molar-refractivity contribution in [2.45, 2.75) is 6.92 Å². The highest BCUT2D eigenvalue weighted by molar-refractivity contribution is 6.29. The molecule has 2 heterocycles. The number of halogens is 1. The Morgan fingerprint density at radius 3 is 2.87 bits per heavy atom. The van der Waals surface area contributed by atoms with Gasteiger partial charge >= 0.3 is 0 Å². The van der Waals surface area contributed by atoms with Crippen LogP contribution in [0, 0.1) is 17.0 Å². The van der Waals surface area contributed by atoms with Gasteiger partial charge in [-0.05, 0) is 6.92 Å². The lowest BCUT2D eigenvalue weighted by atomic mass is 10.3. The Morgan fingerprint density at radius 2 is 2.20 bits per heavy atom. The van der Waals surface area contributed by atoms with Gasteiger partial charge in [0.1, 0.15) is 16.4 Å². The van der Waals surface area contributed by atoms with Crippen LogP contribution in [0.3, 0.4) is 0 Å². The molecule has 0 N–H and O–H groups in total. The third-order valence-electron chi connectivity index (χ3n) is 1.87. The zero-order chi connectivity index (χ0) is 11.0. The van der Waals surface area contributed by atoms with Crippen molar-refractivity contribution in [3.8, 4) is 0 Å². The highest BCUT2D eigenvalue weighted by Crippen LogP contribution is 2.20. The van der Waals surface area contributed by atoms with Crippen LogP contribution >= 0.6 is 11.6 Å². The van der Waals surface area contributed by atoms with Crippen molar-refractivity contribution in [2.24, 2.45) is 0 Å². The largest absolute Gasteiger partial charge is 0.292 e. The van der Waals surface area contributed by atoms with Gasteiger partial charge in [0.05, 0.1) is 11.1 Å². The maximum atomic E-state index is 10.6. The second kappa shape index (κ2) is 3.39. The van der Waals surface area contributed by atoms with Gasteiger partial charge in [0, 0.05) is 6.07 Å². The number of aryl methyl sites for hydroxylation is 1. The summed E-state index contributed by atoms with van der Waals surface area (Å²) in [5.41, 5.74) is 0.894. The molecule has 0 aliphatic carbocycles. The van der Waals surface area contributed by atoms with E-state index < -0.39 is 4.92 Å². The summed E-state index contributed by atoms with van der Waals surface area (Å²) in [6, 6.07) is 1.33. The molecule has 0 bridgehead atoms. The molecule has 0 saturated carbocycles. The van der Waals surface area contributed by atoms with E-state index in [9.17, 15) is 10.1 Å². The van der Waals surface area contributed by atoms with E-state index in [1.54, 1.807) is 6.92 Å². The van der Waals surface area contributed by atoms with Gasteiger partial charge in [0.2, 0.25) is 0 Å². The number of fused-ring (bicyclic) bond motifs is 1. The molecule has 0 aromatic carbocycles. The second-order valence-electron chi connectivity index (χ2n) is 2.89. The molecule has 0 atom stereocenters. The summed E-state index contributed by atoms with van der Waals surface area (Å²) in [5, 5.41) is 10.8. The monoisotopic (exact) mass is 224 g/mol. The molecule has 76 valence electrons. The fraction of sp³-hybridized carbons (Fsp3) is 0.125. The van der Waals surface area contributed by atoms with Gasteiger partial charge < -0.3 is 0 Å². The molecule has 0 amide bonds. The minimum atomic E-state index is -0.502. The van der Waals surface area contributed by atoms with Gasteiger partial charge in [0.15, 0.2) is 5.65 Å². The van der Waals surface area contributed by atoms with E-state index >= 15 is 0 Å². The quantitative estimate of drug-likeness (QED) is 0.546. The first-order valence-corrected chi connectivity index (χ1v) is 4.40. The molecule has 2 aromatic rings.